The van der Waals surface area contributed by atoms with Crippen molar-refractivity contribution < 1.29 is 5.11 Å². The molecule has 1 N–H and O–H groups in total. The van der Waals surface area contributed by atoms with E-state index in [9.17, 15) is 5.11 Å². The summed E-state index contributed by atoms with van der Waals surface area (Å²) in [5.41, 5.74) is 0. The van der Waals surface area contributed by atoms with Crippen molar-refractivity contribution in [3.63, 3.8) is 0 Å². The first-order valence-corrected chi connectivity index (χ1v) is 6.81. The molecular formula is C12H14OS. The fourth-order valence-corrected chi connectivity index (χ4v) is 2.69. The Labute approximate surface area is 86.7 Å². The fourth-order valence-electron chi connectivity index (χ4n) is 1.63. The average Bonchev–Trinajstić information content (AvgIpc) is 2.16. The van der Waals surface area contributed by atoms with Gasteiger partial charge in [0.05, 0.1) is 0 Å². The Kier molecular flexibility index (Phi) is 2.38. The van der Waals surface area contributed by atoms with Gasteiger partial charge in [-0.1, -0.05) is 18.2 Å². The van der Waals surface area contributed by atoms with Crippen LogP contribution in [0.5, 0.6) is 5.75 Å². The highest BCUT2D eigenvalue weighted by Crippen LogP contribution is 2.35. The number of fused-ring (bicyclic) bond motifs is 1. The van der Waals surface area contributed by atoms with E-state index in [2.05, 4.69) is 30.7 Å². The number of aromatic hydroxyl groups is 1. The van der Waals surface area contributed by atoms with Gasteiger partial charge in [-0.25, -0.2) is 10.9 Å². The van der Waals surface area contributed by atoms with E-state index in [0.29, 0.717) is 5.75 Å². The van der Waals surface area contributed by atoms with Crippen LogP contribution >= 0.6 is 10.9 Å². The molecule has 0 fully saturated rings. The number of phenolic OH excluding ortho intramolecular Hbond substituents is 1. The molecule has 2 aromatic rings. The lowest BCUT2D eigenvalue weighted by Gasteiger charge is -2.13. The van der Waals surface area contributed by atoms with Crippen molar-refractivity contribution in [2.45, 2.75) is 4.90 Å². The van der Waals surface area contributed by atoms with Crippen LogP contribution < -0.4 is 0 Å². The Bertz CT molecular complexity index is 463. The van der Waals surface area contributed by atoms with Crippen molar-refractivity contribution >= 4 is 21.7 Å². The number of thiol groups is 1. The van der Waals surface area contributed by atoms with E-state index in [0.717, 1.165) is 0 Å². The summed E-state index contributed by atoms with van der Waals surface area (Å²) < 4.78 is 0. The topological polar surface area (TPSA) is 20.2 Å². The molecule has 74 valence electrons. The summed E-state index contributed by atoms with van der Waals surface area (Å²) >= 11 is 0. The van der Waals surface area contributed by atoms with Crippen LogP contribution in [0.1, 0.15) is 0 Å². The Hall–Kier alpha value is -1.15. The van der Waals surface area contributed by atoms with E-state index < -0.39 is 0 Å². The second kappa shape index (κ2) is 3.54. The van der Waals surface area contributed by atoms with Gasteiger partial charge in [0.15, 0.2) is 0 Å². The van der Waals surface area contributed by atoms with Crippen LogP contribution in [0.3, 0.4) is 0 Å². The molecule has 2 heteroatoms. The highest BCUT2D eigenvalue weighted by Gasteiger charge is 2.02. The first-order valence-electron chi connectivity index (χ1n) is 4.57. The van der Waals surface area contributed by atoms with Crippen molar-refractivity contribution in [3.8, 4) is 5.75 Å². The Balaban J connectivity index is 2.77. The lowest BCUT2D eigenvalue weighted by Crippen LogP contribution is -1.81. The van der Waals surface area contributed by atoms with Crippen LogP contribution in [-0.4, -0.2) is 17.6 Å². The zero-order valence-electron chi connectivity index (χ0n) is 8.36. The second-order valence-corrected chi connectivity index (χ2v) is 5.85. The van der Waals surface area contributed by atoms with Gasteiger partial charge < -0.3 is 5.11 Å². The smallest absolute Gasteiger partial charge is 0.116 e. The van der Waals surface area contributed by atoms with Gasteiger partial charge in [-0.2, -0.15) is 0 Å². The molecule has 0 heterocycles. The van der Waals surface area contributed by atoms with E-state index in [1.54, 1.807) is 6.07 Å². The Morgan fingerprint density at radius 3 is 2.57 bits per heavy atom. The fraction of sp³-hybridized carbons (Fsp3) is 0.167. The van der Waals surface area contributed by atoms with Crippen molar-refractivity contribution in [3.05, 3.63) is 36.4 Å². The molecular weight excluding hydrogens is 192 g/mol. The summed E-state index contributed by atoms with van der Waals surface area (Å²) in [5, 5.41) is 11.8. The maximum atomic E-state index is 9.44. The van der Waals surface area contributed by atoms with Gasteiger partial charge >= 0.3 is 0 Å². The van der Waals surface area contributed by atoms with Crippen molar-refractivity contribution in [2.24, 2.45) is 0 Å². The normalized spacial score (nSPS) is 11.7. The minimum Gasteiger partial charge on any atom is -0.508 e. The first-order chi connectivity index (χ1) is 6.68. The van der Waals surface area contributed by atoms with Crippen LogP contribution in [0.4, 0.5) is 0 Å². The van der Waals surface area contributed by atoms with Gasteiger partial charge in [0.2, 0.25) is 0 Å². The predicted molar refractivity (Wildman–Crippen MR) is 64.7 cm³/mol. The van der Waals surface area contributed by atoms with Crippen molar-refractivity contribution in [2.75, 3.05) is 12.5 Å². The zero-order valence-corrected chi connectivity index (χ0v) is 9.25. The molecule has 0 unspecified atom stereocenters. The summed E-state index contributed by atoms with van der Waals surface area (Å²) in [5.74, 6) is 0.349. The molecule has 0 aliphatic carbocycles. The van der Waals surface area contributed by atoms with E-state index in [1.807, 2.05) is 12.1 Å². The molecule has 0 bridgehead atoms. The molecule has 0 atom stereocenters. The third kappa shape index (κ3) is 1.58. The van der Waals surface area contributed by atoms with Gasteiger partial charge in [-0.15, -0.1) is 0 Å². The average molecular weight is 206 g/mol. The van der Waals surface area contributed by atoms with Gasteiger partial charge in [0.25, 0.3) is 0 Å². The largest absolute Gasteiger partial charge is 0.508 e. The molecule has 0 amide bonds. The van der Waals surface area contributed by atoms with E-state index in [-0.39, 0.29) is 10.9 Å². The minimum absolute atomic E-state index is 0.119. The maximum Gasteiger partial charge on any atom is 0.116 e. The summed E-state index contributed by atoms with van der Waals surface area (Å²) in [4.78, 5) is 1.36. The van der Waals surface area contributed by atoms with Crippen LogP contribution in [0, 0.1) is 0 Å². The van der Waals surface area contributed by atoms with Gasteiger partial charge in [-0.3, -0.25) is 0 Å². The van der Waals surface area contributed by atoms with Crippen molar-refractivity contribution in [1.29, 1.82) is 0 Å². The standard InChI is InChI=1S/C12H14OS/c1-14(2)12-5-3-4-9-6-7-10(13)8-11(9)12/h3-8,13-14H,1-2H3. The van der Waals surface area contributed by atoms with Gasteiger partial charge in [0.1, 0.15) is 5.75 Å². The van der Waals surface area contributed by atoms with Crippen LogP contribution in [0.2, 0.25) is 0 Å². The SMILES string of the molecule is C[SH](C)c1cccc2ccc(O)cc12. The predicted octanol–water partition coefficient (Wildman–Crippen LogP) is 3.17. The zero-order chi connectivity index (χ0) is 10.1. The van der Waals surface area contributed by atoms with Crippen LogP contribution in [-0.2, 0) is 0 Å². The maximum absolute atomic E-state index is 9.44. The Morgan fingerprint density at radius 1 is 1.07 bits per heavy atom. The minimum atomic E-state index is -0.119. The molecule has 0 saturated heterocycles. The summed E-state index contributed by atoms with van der Waals surface area (Å²) in [7, 11) is -0.119. The van der Waals surface area contributed by atoms with E-state index >= 15 is 0 Å². The van der Waals surface area contributed by atoms with E-state index in [4.69, 9.17) is 0 Å². The third-order valence-corrected chi connectivity index (χ3v) is 3.68. The van der Waals surface area contributed by atoms with Gasteiger partial charge in [0, 0.05) is 0 Å². The lowest BCUT2D eigenvalue weighted by molar-refractivity contribution is 0.476. The van der Waals surface area contributed by atoms with Crippen LogP contribution in [0.25, 0.3) is 10.8 Å². The number of hydrogen-bond donors (Lipinski definition) is 2. The summed E-state index contributed by atoms with van der Waals surface area (Å²) in [6, 6.07) is 11.9. The van der Waals surface area contributed by atoms with Crippen molar-refractivity contribution in [1.82, 2.24) is 0 Å². The third-order valence-electron chi connectivity index (χ3n) is 2.32. The Morgan fingerprint density at radius 2 is 1.86 bits per heavy atom. The second-order valence-electron chi connectivity index (χ2n) is 3.58. The van der Waals surface area contributed by atoms with E-state index in [1.165, 1.54) is 15.7 Å². The quantitative estimate of drug-likeness (QED) is 0.687. The summed E-state index contributed by atoms with van der Waals surface area (Å²) in [6.45, 7) is 0. The molecule has 0 spiro atoms. The van der Waals surface area contributed by atoms with Crippen LogP contribution in [0.15, 0.2) is 41.3 Å². The molecule has 2 rings (SSSR count). The highest BCUT2D eigenvalue weighted by molar-refractivity contribution is 8.16. The number of hydrogen-bond acceptors (Lipinski definition) is 1. The summed E-state index contributed by atoms with van der Waals surface area (Å²) in [6.07, 6.45) is 4.46. The molecule has 14 heavy (non-hydrogen) atoms. The molecule has 0 saturated carbocycles. The lowest BCUT2D eigenvalue weighted by atomic mass is 10.1. The monoisotopic (exact) mass is 206 g/mol. The molecule has 2 aromatic carbocycles. The number of phenols is 1. The number of rotatable bonds is 1. The number of benzene rings is 2. The molecule has 0 aliphatic rings. The highest BCUT2D eigenvalue weighted by atomic mass is 32.2. The molecule has 0 aliphatic heterocycles. The molecule has 1 nitrogen and oxygen atoms in total. The first kappa shape index (κ1) is 9.41. The molecule has 0 radical (unpaired) electrons. The van der Waals surface area contributed by atoms with Gasteiger partial charge in [-0.05, 0) is 46.4 Å². The molecule has 0 aromatic heterocycles.